The summed E-state index contributed by atoms with van der Waals surface area (Å²) in [5.74, 6) is -0.678. The lowest BCUT2D eigenvalue weighted by atomic mass is 9.99. The van der Waals surface area contributed by atoms with Crippen molar-refractivity contribution in [2.75, 3.05) is 34.5 Å². The molecule has 0 bridgehead atoms. The van der Waals surface area contributed by atoms with Gasteiger partial charge in [-0.25, -0.2) is 9.59 Å². The van der Waals surface area contributed by atoms with E-state index in [4.69, 9.17) is 23.7 Å². The van der Waals surface area contributed by atoms with Crippen LogP contribution in [0.15, 0.2) is 72.8 Å². The van der Waals surface area contributed by atoms with E-state index in [0.29, 0.717) is 33.9 Å². The molecule has 0 spiro atoms. The highest BCUT2D eigenvalue weighted by Gasteiger charge is 2.25. The summed E-state index contributed by atoms with van der Waals surface area (Å²) >= 11 is 0. The zero-order chi connectivity index (χ0) is 25.2. The SMILES string of the molecule is COc1ccc(C(=O)OCC(COC(=O)c2ccc(OC)cc2)C(=O)c2ccc(OC)cc2)cc1. The third-order valence-electron chi connectivity index (χ3n) is 5.23. The second-order valence-corrected chi connectivity index (χ2v) is 7.44. The summed E-state index contributed by atoms with van der Waals surface area (Å²) in [6.07, 6.45) is 0. The number of hydrogen-bond donors (Lipinski definition) is 0. The summed E-state index contributed by atoms with van der Waals surface area (Å²) in [6.45, 7) is -0.544. The fourth-order valence-corrected chi connectivity index (χ4v) is 3.16. The van der Waals surface area contributed by atoms with E-state index in [-0.39, 0.29) is 19.0 Å². The van der Waals surface area contributed by atoms with Crippen molar-refractivity contribution in [2.24, 2.45) is 5.92 Å². The quantitative estimate of drug-likeness (QED) is 0.298. The van der Waals surface area contributed by atoms with Crippen LogP contribution in [-0.4, -0.2) is 52.3 Å². The Morgan fingerprint density at radius 3 is 1.17 bits per heavy atom. The number of methoxy groups -OCH3 is 3. The maximum absolute atomic E-state index is 13.2. The molecule has 182 valence electrons. The molecule has 0 saturated heterocycles. The summed E-state index contributed by atoms with van der Waals surface area (Å²) in [7, 11) is 4.57. The number of esters is 2. The van der Waals surface area contributed by atoms with Crippen molar-refractivity contribution in [3.05, 3.63) is 89.5 Å². The number of ether oxygens (including phenoxy) is 5. The van der Waals surface area contributed by atoms with Crippen LogP contribution in [0.1, 0.15) is 31.1 Å². The van der Waals surface area contributed by atoms with Gasteiger partial charge in [-0.05, 0) is 72.8 Å². The third-order valence-corrected chi connectivity index (χ3v) is 5.23. The number of carbonyl (C=O) groups is 3. The monoisotopic (exact) mass is 478 g/mol. The first-order valence-electron chi connectivity index (χ1n) is 10.8. The summed E-state index contributed by atoms with van der Waals surface area (Å²) < 4.78 is 26.1. The minimum Gasteiger partial charge on any atom is -0.497 e. The summed E-state index contributed by atoms with van der Waals surface area (Å²) in [5.41, 5.74) is 0.977. The molecular weight excluding hydrogens is 452 g/mol. The molecule has 8 heteroatoms. The van der Waals surface area contributed by atoms with E-state index in [1.807, 2.05) is 0 Å². The van der Waals surface area contributed by atoms with Crippen LogP contribution in [0.2, 0.25) is 0 Å². The number of carbonyl (C=O) groups excluding carboxylic acids is 3. The fraction of sp³-hybridized carbons (Fsp3) is 0.222. The second-order valence-electron chi connectivity index (χ2n) is 7.44. The van der Waals surface area contributed by atoms with Gasteiger partial charge in [-0.15, -0.1) is 0 Å². The van der Waals surface area contributed by atoms with E-state index in [9.17, 15) is 14.4 Å². The molecule has 0 unspecified atom stereocenters. The molecule has 3 rings (SSSR count). The standard InChI is InChI=1S/C27H26O8/c1-31-22-10-4-18(5-11-22)25(28)21(16-34-26(29)19-6-12-23(32-2)13-7-19)17-35-27(30)20-8-14-24(33-3)15-9-20/h4-15,21H,16-17H2,1-3H3. The molecule has 35 heavy (non-hydrogen) atoms. The van der Waals surface area contributed by atoms with Gasteiger partial charge in [0.15, 0.2) is 5.78 Å². The van der Waals surface area contributed by atoms with Gasteiger partial charge in [0.05, 0.1) is 38.4 Å². The first-order valence-corrected chi connectivity index (χ1v) is 10.8. The maximum Gasteiger partial charge on any atom is 0.338 e. The van der Waals surface area contributed by atoms with E-state index in [2.05, 4.69) is 0 Å². The van der Waals surface area contributed by atoms with Gasteiger partial charge in [0.25, 0.3) is 0 Å². The molecule has 0 saturated carbocycles. The van der Waals surface area contributed by atoms with Crippen molar-refractivity contribution in [1.82, 2.24) is 0 Å². The summed E-state index contributed by atoms with van der Waals surface area (Å²) in [4.78, 5) is 38.2. The number of hydrogen-bond acceptors (Lipinski definition) is 8. The van der Waals surface area contributed by atoms with Crippen LogP contribution in [0, 0.1) is 5.92 Å². The van der Waals surface area contributed by atoms with E-state index in [1.165, 1.54) is 21.3 Å². The van der Waals surface area contributed by atoms with E-state index < -0.39 is 17.9 Å². The van der Waals surface area contributed by atoms with Gasteiger partial charge in [0.2, 0.25) is 0 Å². The number of benzene rings is 3. The van der Waals surface area contributed by atoms with Gasteiger partial charge in [-0.3, -0.25) is 4.79 Å². The van der Waals surface area contributed by atoms with E-state index in [1.54, 1.807) is 72.8 Å². The molecule has 0 aliphatic heterocycles. The number of rotatable bonds is 11. The molecule has 8 nitrogen and oxygen atoms in total. The number of ketones is 1. The largest absolute Gasteiger partial charge is 0.497 e. The fourth-order valence-electron chi connectivity index (χ4n) is 3.16. The van der Waals surface area contributed by atoms with Gasteiger partial charge in [-0.2, -0.15) is 0 Å². The molecular formula is C27H26O8. The van der Waals surface area contributed by atoms with Crippen LogP contribution >= 0.6 is 0 Å². The summed E-state index contributed by atoms with van der Waals surface area (Å²) in [6, 6.07) is 19.3. The Morgan fingerprint density at radius 2 is 0.857 bits per heavy atom. The van der Waals surface area contributed by atoms with Crippen LogP contribution in [0.25, 0.3) is 0 Å². The average Bonchev–Trinajstić information content (AvgIpc) is 2.92. The maximum atomic E-state index is 13.2. The number of Topliss-reactive ketones (excluding diaryl/α,β-unsaturated/α-hetero) is 1. The molecule has 0 aromatic heterocycles. The second kappa shape index (κ2) is 12.2. The molecule has 0 fully saturated rings. The van der Waals surface area contributed by atoms with Crippen LogP contribution in [0.5, 0.6) is 17.2 Å². The molecule has 0 amide bonds. The highest BCUT2D eigenvalue weighted by Crippen LogP contribution is 2.18. The predicted octanol–water partition coefficient (Wildman–Crippen LogP) is 4.23. The Kier molecular flexibility index (Phi) is 8.83. The van der Waals surface area contributed by atoms with Crippen molar-refractivity contribution >= 4 is 17.7 Å². The molecule has 3 aromatic carbocycles. The lowest BCUT2D eigenvalue weighted by Crippen LogP contribution is -2.28. The van der Waals surface area contributed by atoms with Crippen LogP contribution < -0.4 is 14.2 Å². The van der Waals surface area contributed by atoms with Crippen LogP contribution in [0.3, 0.4) is 0 Å². The third kappa shape index (κ3) is 6.83. The minimum atomic E-state index is -0.909. The summed E-state index contributed by atoms with van der Waals surface area (Å²) in [5, 5.41) is 0. The lowest BCUT2D eigenvalue weighted by Gasteiger charge is -2.17. The lowest BCUT2D eigenvalue weighted by molar-refractivity contribution is 0.0264. The molecule has 3 aromatic rings. The zero-order valence-electron chi connectivity index (χ0n) is 19.7. The molecule has 0 aliphatic carbocycles. The first kappa shape index (κ1) is 25.3. The van der Waals surface area contributed by atoms with Crippen molar-refractivity contribution in [3.8, 4) is 17.2 Å². The predicted molar refractivity (Wildman–Crippen MR) is 127 cm³/mol. The van der Waals surface area contributed by atoms with Crippen LogP contribution in [-0.2, 0) is 9.47 Å². The van der Waals surface area contributed by atoms with Gasteiger partial charge >= 0.3 is 11.9 Å². The van der Waals surface area contributed by atoms with Gasteiger partial charge in [-0.1, -0.05) is 0 Å². The molecule has 0 radical (unpaired) electrons. The van der Waals surface area contributed by atoms with E-state index >= 15 is 0 Å². The van der Waals surface area contributed by atoms with Crippen molar-refractivity contribution in [1.29, 1.82) is 0 Å². The molecule has 0 heterocycles. The topological polar surface area (TPSA) is 97.4 Å². The normalized spacial score (nSPS) is 10.4. The van der Waals surface area contributed by atoms with E-state index in [0.717, 1.165) is 0 Å². The zero-order valence-corrected chi connectivity index (χ0v) is 19.7. The average molecular weight is 478 g/mol. The van der Waals surface area contributed by atoms with Crippen molar-refractivity contribution in [2.45, 2.75) is 0 Å². The Morgan fingerprint density at radius 1 is 0.543 bits per heavy atom. The Hall–Kier alpha value is -4.33. The highest BCUT2D eigenvalue weighted by atomic mass is 16.5. The Labute approximate surface area is 203 Å². The minimum absolute atomic E-state index is 0.272. The smallest absolute Gasteiger partial charge is 0.338 e. The molecule has 0 N–H and O–H groups in total. The first-order chi connectivity index (χ1) is 16.9. The van der Waals surface area contributed by atoms with Crippen molar-refractivity contribution < 1.29 is 38.1 Å². The van der Waals surface area contributed by atoms with Crippen LogP contribution in [0.4, 0.5) is 0 Å². The van der Waals surface area contributed by atoms with Gasteiger partial charge in [0.1, 0.15) is 30.5 Å². The van der Waals surface area contributed by atoms with Gasteiger partial charge in [0, 0.05) is 5.56 Å². The highest BCUT2D eigenvalue weighted by molar-refractivity contribution is 5.99. The Balaban J connectivity index is 1.71. The molecule has 0 aliphatic rings. The van der Waals surface area contributed by atoms with Crippen molar-refractivity contribution in [3.63, 3.8) is 0 Å². The molecule has 0 atom stereocenters. The van der Waals surface area contributed by atoms with Gasteiger partial charge < -0.3 is 23.7 Å². The Bertz CT molecular complexity index is 1070.